The number of aromatic nitrogens is 1. The first-order valence-corrected chi connectivity index (χ1v) is 6.63. The van der Waals surface area contributed by atoms with Crippen LogP contribution in [0.25, 0.3) is 0 Å². The average molecular weight is 233 g/mol. The third-order valence-electron chi connectivity index (χ3n) is 3.10. The minimum atomic E-state index is 0.769. The van der Waals surface area contributed by atoms with Gasteiger partial charge in [0.1, 0.15) is 0 Å². The molecule has 0 radical (unpaired) electrons. The van der Waals surface area contributed by atoms with Crippen molar-refractivity contribution in [3.05, 3.63) is 29.6 Å². The van der Waals surface area contributed by atoms with Crippen LogP contribution >= 0.6 is 0 Å². The standard InChI is InChI=1S/C14H23N3/c1-3-8-17(2)11-14-5-4-12(10-16-14)9-15-13-6-7-13/h4-5,10,13,15H,3,6-9,11H2,1-2H3. The lowest BCUT2D eigenvalue weighted by Crippen LogP contribution is -2.19. The number of nitrogens with one attached hydrogen (secondary N) is 1. The van der Waals surface area contributed by atoms with Gasteiger partial charge in [0.05, 0.1) is 5.69 Å². The molecule has 0 unspecified atom stereocenters. The second kappa shape index (κ2) is 6.12. The van der Waals surface area contributed by atoms with Gasteiger partial charge in [-0.2, -0.15) is 0 Å². The highest BCUT2D eigenvalue weighted by molar-refractivity contribution is 5.14. The predicted molar refractivity (Wildman–Crippen MR) is 70.7 cm³/mol. The molecule has 0 aliphatic heterocycles. The number of rotatable bonds is 7. The second-order valence-corrected chi connectivity index (χ2v) is 5.05. The summed E-state index contributed by atoms with van der Waals surface area (Å²) in [6, 6.07) is 5.11. The summed E-state index contributed by atoms with van der Waals surface area (Å²) in [5.41, 5.74) is 2.45. The quantitative estimate of drug-likeness (QED) is 0.782. The van der Waals surface area contributed by atoms with E-state index < -0.39 is 0 Å². The Hall–Kier alpha value is -0.930. The fourth-order valence-electron chi connectivity index (χ4n) is 1.94. The molecule has 0 aromatic carbocycles. The molecular formula is C14H23N3. The topological polar surface area (TPSA) is 28.2 Å². The van der Waals surface area contributed by atoms with Gasteiger partial charge in [0.25, 0.3) is 0 Å². The van der Waals surface area contributed by atoms with Gasteiger partial charge in [-0.05, 0) is 44.5 Å². The first kappa shape index (κ1) is 12.5. The zero-order valence-electron chi connectivity index (χ0n) is 10.9. The van der Waals surface area contributed by atoms with E-state index in [4.69, 9.17) is 0 Å². The van der Waals surface area contributed by atoms with Crippen molar-refractivity contribution in [1.29, 1.82) is 0 Å². The molecule has 17 heavy (non-hydrogen) atoms. The zero-order valence-corrected chi connectivity index (χ0v) is 10.9. The van der Waals surface area contributed by atoms with Crippen LogP contribution in [0.5, 0.6) is 0 Å². The Kier molecular flexibility index (Phi) is 4.51. The summed E-state index contributed by atoms with van der Waals surface area (Å²) in [6.45, 7) is 5.25. The summed E-state index contributed by atoms with van der Waals surface area (Å²) in [5, 5.41) is 3.50. The van der Waals surface area contributed by atoms with E-state index in [-0.39, 0.29) is 0 Å². The number of hydrogen-bond donors (Lipinski definition) is 1. The van der Waals surface area contributed by atoms with Crippen molar-refractivity contribution >= 4 is 0 Å². The number of pyridine rings is 1. The van der Waals surface area contributed by atoms with Crippen LogP contribution in [0.3, 0.4) is 0 Å². The third-order valence-corrected chi connectivity index (χ3v) is 3.10. The molecule has 0 amide bonds. The van der Waals surface area contributed by atoms with Crippen LogP contribution in [-0.4, -0.2) is 29.5 Å². The summed E-state index contributed by atoms with van der Waals surface area (Å²) in [4.78, 5) is 6.83. The molecular weight excluding hydrogens is 210 g/mol. The zero-order chi connectivity index (χ0) is 12.1. The molecule has 1 heterocycles. The van der Waals surface area contributed by atoms with Crippen LogP contribution < -0.4 is 5.32 Å². The fourth-order valence-corrected chi connectivity index (χ4v) is 1.94. The lowest BCUT2D eigenvalue weighted by molar-refractivity contribution is 0.323. The van der Waals surface area contributed by atoms with E-state index in [0.717, 1.165) is 31.4 Å². The Morgan fingerprint density at radius 1 is 1.41 bits per heavy atom. The van der Waals surface area contributed by atoms with Gasteiger partial charge in [0.2, 0.25) is 0 Å². The molecule has 2 rings (SSSR count). The van der Waals surface area contributed by atoms with Gasteiger partial charge in [0, 0.05) is 25.3 Å². The van der Waals surface area contributed by atoms with E-state index in [2.05, 4.69) is 41.3 Å². The first-order chi connectivity index (χ1) is 8.28. The summed E-state index contributed by atoms with van der Waals surface area (Å²) in [7, 11) is 2.15. The van der Waals surface area contributed by atoms with Crippen molar-refractivity contribution in [2.75, 3.05) is 13.6 Å². The average Bonchev–Trinajstić information content (AvgIpc) is 3.12. The number of hydrogen-bond acceptors (Lipinski definition) is 3. The fraction of sp³-hybridized carbons (Fsp3) is 0.643. The minimum absolute atomic E-state index is 0.769. The number of nitrogens with zero attached hydrogens (tertiary/aromatic N) is 2. The Labute approximate surface area is 104 Å². The van der Waals surface area contributed by atoms with Gasteiger partial charge in [-0.15, -0.1) is 0 Å². The van der Waals surface area contributed by atoms with Crippen molar-refractivity contribution in [3.8, 4) is 0 Å². The summed E-state index contributed by atoms with van der Waals surface area (Å²) in [6.07, 6.45) is 5.88. The Balaban J connectivity index is 1.79. The summed E-state index contributed by atoms with van der Waals surface area (Å²) < 4.78 is 0. The molecule has 1 fully saturated rings. The maximum atomic E-state index is 4.52. The Bertz CT molecular complexity index is 330. The molecule has 94 valence electrons. The van der Waals surface area contributed by atoms with Gasteiger partial charge in [0.15, 0.2) is 0 Å². The van der Waals surface area contributed by atoms with E-state index in [0.29, 0.717) is 0 Å². The van der Waals surface area contributed by atoms with E-state index in [1.54, 1.807) is 0 Å². The molecule has 1 aromatic heterocycles. The molecule has 0 spiro atoms. The van der Waals surface area contributed by atoms with E-state index in [1.165, 1.54) is 24.8 Å². The molecule has 1 aliphatic rings. The van der Waals surface area contributed by atoms with Crippen LogP contribution in [0.2, 0.25) is 0 Å². The van der Waals surface area contributed by atoms with Gasteiger partial charge in [-0.25, -0.2) is 0 Å². The molecule has 3 nitrogen and oxygen atoms in total. The van der Waals surface area contributed by atoms with Crippen molar-refractivity contribution in [2.45, 2.75) is 45.3 Å². The first-order valence-electron chi connectivity index (χ1n) is 6.63. The summed E-state index contributed by atoms with van der Waals surface area (Å²) in [5.74, 6) is 0. The SMILES string of the molecule is CCCN(C)Cc1ccc(CNC2CC2)cn1. The molecule has 3 heteroatoms. The maximum Gasteiger partial charge on any atom is 0.0544 e. The monoisotopic (exact) mass is 233 g/mol. The van der Waals surface area contributed by atoms with Crippen molar-refractivity contribution in [1.82, 2.24) is 15.2 Å². The lowest BCUT2D eigenvalue weighted by atomic mass is 10.2. The molecule has 0 bridgehead atoms. The van der Waals surface area contributed by atoms with Crippen LogP contribution in [0, 0.1) is 0 Å². The predicted octanol–water partition coefficient (Wildman–Crippen LogP) is 2.18. The van der Waals surface area contributed by atoms with Gasteiger partial charge in [-0.3, -0.25) is 4.98 Å². The van der Waals surface area contributed by atoms with E-state index >= 15 is 0 Å². The van der Waals surface area contributed by atoms with E-state index in [1.807, 2.05) is 6.20 Å². The third kappa shape index (κ3) is 4.44. The normalized spacial score (nSPS) is 15.5. The van der Waals surface area contributed by atoms with Crippen LogP contribution in [-0.2, 0) is 13.1 Å². The molecule has 1 aromatic rings. The largest absolute Gasteiger partial charge is 0.310 e. The maximum absolute atomic E-state index is 4.52. The molecule has 0 atom stereocenters. The highest BCUT2D eigenvalue weighted by Crippen LogP contribution is 2.19. The van der Waals surface area contributed by atoms with Crippen LogP contribution in [0.15, 0.2) is 18.3 Å². The van der Waals surface area contributed by atoms with E-state index in [9.17, 15) is 0 Å². The molecule has 0 saturated heterocycles. The Morgan fingerprint density at radius 2 is 2.24 bits per heavy atom. The van der Waals surface area contributed by atoms with Crippen molar-refractivity contribution < 1.29 is 0 Å². The second-order valence-electron chi connectivity index (χ2n) is 5.05. The summed E-state index contributed by atoms with van der Waals surface area (Å²) >= 11 is 0. The van der Waals surface area contributed by atoms with Crippen molar-refractivity contribution in [2.24, 2.45) is 0 Å². The minimum Gasteiger partial charge on any atom is -0.310 e. The highest BCUT2D eigenvalue weighted by Gasteiger charge is 2.19. The molecule has 1 N–H and O–H groups in total. The van der Waals surface area contributed by atoms with Crippen molar-refractivity contribution in [3.63, 3.8) is 0 Å². The lowest BCUT2D eigenvalue weighted by Gasteiger charge is -2.14. The Morgan fingerprint density at radius 3 is 2.82 bits per heavy atom. The van der Waals surface area contributed by atoms with Gasteiger partial charge >= 0.3 is 0 Å². The molecule has 1 saturated carbocycles. The molecule has 1 aliphatic carbocycles. The van der Waals surface area contributed by atoms with Crippen LogP contribution in [0.1, 0.15) is 37.4 Å². The van der Waals surface area contributed by atoms with Crippen LogP contribution in [0.4, 0.5) is 0 Å². The highest BCUT2D eigenvalue weighted by atomic mass is 15.1. The smallest absolute Gasteiger partial charge is 0.0544 e. The van der Waals surface area contributed by atoms with Gasteiger partial charge < -0.3 is 10.2 Å². The van der Waals surface area contributed by atoms with Gasteiger partial charge in [-0.1, -0.05) is 13.0 Å².